The zero-order chi connectivity index (χ0) is 15.6. The van der Waals surface area contributed by atoms with Crippen molar-refractivity contribution in [2.24, 2.45) is 5.92 Å². The average Bonchev–Trinajstić information content (AvgIpc) is 3.24. The minimum atomic E-state index is -0.888. The van der Waals surface area contributed by atoms with Crippen molar-refractivity contribution in [3.05, 3.63) is 35.4 Å². The van der Waals surface area contributed by atoms with E-state index < -0.39 is 17.2 Å². The normalized spacial score (nSPS) is 21.2. The van der Waals surface area contributed by atoms with Gasteiger partial charge in [-0.15, -0.1) is 0 Å². The Hall–Kier alpha value is -1.49. The predicted molar refractivity (Wildman–Crippen MR) is 75.7 cm³/mol. The third-order valence-electron chi connectivity index (χ3n) is 4.40. The number of nitrogens with one attached hydrogen (secondary N) is 1. The predicted octanol–water partition coefficient (Wildman–Crippen LogP) is 2.74. The molecule has 2 N–H and O–H groups in total. The van der Waals surface area contributed by atoms with Gasteiger partial charge < -0.3 is 10.4 Å². The van der Waals surface area contributed by atoms with Crippen molar-refractivity contribution in [3.63, 3.8) is 0 Å². The minimum Gasteiger partial charge on any atom is -0.388 e. The number of carbonyl (C=O) groups is 1. The van der Waals surface area contributed by atoms with Crippen molar-refractivity contribution in [1.29, 1.82) is 0 Å². The summed E-state index contributed by atoms with van der Waals surface area (Å²) in [7, 11) is 0. The van der Waals surface area contributed by atoms with Gasteiger partial charge in [-0.05, 0) is 36.8 Å². The number of hydrogen-bond acceptors (Lipinski definition) is 2. The van der Waals surface area contributed by atoms with Gasteiger partial charge in [0.25, 0.3) is 0 Å². The van der Waals surface area contributed by atoms with Gasteiger partial charge in [0.2, 0.25) is 5.91 Å². The lowest BCUT2D eigenvalue weighted by Gasteiger charge is -2.25. The zero-order valence-corrected chi connectivity index (χ0v) is 12.3. The molecule has 0 radical (unpaired) electrons. The molecule has 0 bridgehead atoms. The summed E-state index contributed by atoms with van der Waals surface area (Å²) in [4.78, 5) is 12.0. The Balaban J connectivity index is 1.92. The van der Waals surface area contributed by atoms with Crippen LogP contribution in [0.1, 0.15) is 44.6 Å². The third-order valence-corrected chi connectivity index (χ3v) is 4.40. The van der Waals surface area contributed by atoms with E-state index >= 15 is 0 Å². The second-order valence-electron chi connectivity index (χ2n) is 5.76. The summed E-state index contributed by atoms with van der Waals surface area (Å²) in [6.07, 6.45) is 1.68. The standard InChI is InChI=1S/C16H21F2NO2/c1-3-16(21,4-2)9-19-15(20)13-8-12(13)11-6-5-10(17)7-14(11)18/h5-7,12-13,21H,3-4,8-9H2,1-2H3,(H,19,20). The molecule has 0 spiro atoms. The van der Waals surface area contributed by atoms with Crippen LogP contribution < -0.4 is 5.32 Å². The van der Waals surface area contributed by atoms with Crippen LogP contribution in [0.2, 0.25) is 0 Å². The van der Waals surface area contributed by atoms with Gasteiger partial charge in [-0.3, -0.25) is 4.79 Å². The van der Waals surface area contributed by atoms with Gasteiger partial charge in [-0.25, -0.2) is 8.78 Å². The molecule has 1 fully saturated rings. The number of halogens is 2. The molecule has 2 rings (SSSR count). The largest absolute Gasteiger partial charge is 0.388 e. The zero-order valence-electron chi connectivity index (χ0n) is 12.3. The lowest BCUT2D eigenvalue weighted by molar-refractivity contribution is -0.123. The number of hydrogen-bond donors (Lipinski definition) is 2. The molecule has 1 aromatic carbocycles. The molecule has 116 valence electrons. The number of benzene rings is 1. The minimum absolute atomic E-state index is 0.177. The topological polar surface area (TPSA) is 49.3 Å². The molecule has 0 aliphatic heterocycles. The Morgan fingerprint density at radius 3 is 2.62 bits per heavy atom. The highest BCUT2D eigenvalue weighted by atomic mass is 19.1. The second-order valence-corrected chi connectivity index (χ2v) is 5.76. The first-order chi connectivity index (χ1) is 9.90. The fraction of sp³-hybridized carbons (Fsp3) is 0.562. The SMILES string of the molecule is CCC(O)(CC)CNC(=O)C1CC1c1ccc(F)cc1F. The molecule has 0 aromatic heterocycles. The first-order valence-electron chi connectivity index (χ1n) is 7.35. The molecule has 0 heterocycles. The van der Waals surface area contributed by atoms with Gasteiger partial charge in [-0.1, -0.05) is 19.9 Å². The Bertz CT molecular complexity index is 529. The monoisotopic (exact) mass is 297 g/mol. The van der Waals surface area contributed by atoms with Crippen LogP contribution in [-0.4, -0.2) is 23.2 Å². The van der Waals surface area contributed by atoms with Gasteiger partial charge in [0.15, 0.2) is 0 Å². The molecule has 1 aliphatic carbocycles. The fourth-order valence-corrected chi connectivity index (χ4v) is 2.51. The van der Waals surface area contributed by atoms with E-state index in [0.29, 0.717) is 24.8 Å². The lowest BCUT2D eigenvalue weighted by Crippen LogP contribution is -2.42. The van der Waals surface area contributed by atoms with Gasteiger partial charge >= 0.3 is 0 Å². The van der Waals surface area contributed by atoms with Crippen LogP contribution in [0.5, 0.6) is 0 Å². The Morgan fingerprint density at radius 1 is 1.38 bits per heavy atom. The third kappa shape index (κ3) is 3.59. The van der Waals surface area contributed by atoms with Gasteiger partial charge in [0, 0.05) is 18.5 Å². The van der Waals surface area contributed by atoms with E-state index in [-0.39, 0.29) is 24.3 Å². The number of aliphatic hydroxyl groups is 1. The molecule has 2 atom stereocenters. The van der Waals surface area contributed by atoms with Crippen molar-refractivity contribution in [2.75, 3.05) is 6.54 Å². The van der Waals surface area contributed by atoms with E-state index in [1.807, 2.05) is 13.8 Å². The van der Waals surface area contributed by atoms with Crippen molar-refractivity contribution in [3.8, 4) is 0 Å². The summed E-state index contributed by atoms with van der Waals surface area (Å²) in [5, 5.41) is 12.9. The van der Waals surface area contributed by atoms with E-state index in [9.17, 15) is 18.7 Å². The summed E-state index contributed by atoms with van der Waals surface area (Å²) in [5.41, 5.74) is -0.501. The highest BCUT2D eigenvalue weighted by molar-refractivity contribution is 5.83. The van der Waals surface area contributed by atoms with Crippen LogP contribution >= 0.6 is 0 Å². The Kier molecular flexibility index (Phi) is 4.61. The highest BCUT2D eigenvalue weighted by Crippen LogP contribution is 2.48. The summed E-state index contributed by atoms with van der Waals surface area (Å²) in [5.74, 6) is -1.88. The van der Waals surface area contributed by atoms with Crippen LogP contribution in [0.4, 0.5) is 8.78 Å². The van der Waals surface area contributed by atoms with Crippen LogP contribution in [0.15, 0.2) is 18.2 Å². The molecule has 3 nitrogen and oxygen atoms in total. The van der Waals surface area contributed by atoms with Crippen molar-refractivity contribution >= 4 is 5.91 Å². The van der Waals surface area contributed by atoms with Gasteiger partial charge in [0.05, 0.1) is 5.60 Å². The molecule has 1 saturated carbocycles. The number of amides is 1. The molecule has 1 aliphatic rings. The maximum atomic E-state index is 13.7. The van der Waals surface area contributed by atoms with Crippen molar-refractivity contribution < 1.29 is 18.7 Å². The summed E-state index contributed by atoms with van der Waals surface area (Å²) in [6, 6.07) is 3.45. The molecule has 1 aromatic rings. The second kappa shape index (κ2) is 6.10. The van der Waals surface area contributed by atoms with Gasteiger partial charge in [0.1, 0.15) is 11.6 Å². The Morgan fingerprint density at radius 2 is 2.05 bits per heavy atom. The summed E-state index contributed by atoms with van der Waals surface area (Å²) in [6.45, 7) is 3.93. The molecule has 21 heavy (non-hydrogen) atoms. The van der Waals surface area contributed by atoms with E-state index in [4.69, 9.17) is 0 Å². The molecule has 2 unspecified atom stereocenters. The average molecular weight is 297 g/mol. The van der Waals surface area contributed by atoms with Crippen LogP contribution in [0.3, 0.4) is 0 Å². The molecular formula is C16H21F2NO2. The number of carbonyl (C=O) groups excluding carboxylic acids is 1. The lowest BCUT2D eigenvalue weighted by atomic mass is 9.97. The van der Waals surface area contributed by atoms with Crippen LogP contribution in [-0.2, 0) is 4.79 Å². The first-order valence-corrected chi connectivity index (χ1v) is 7.35. The number of rotatable bonds is 6. The van der Waals surface area contributed by atoms with Gasteiger partial charge in [-0.2, -0.15) is 0 Å². The fourth-order valence-electron chi connectivity index (χ4n) is 2.51. The van der Waals surface area contributed by atoms with Crippen LogP contribution in [0.25, 0.3) is 0 Å². The van der Waals surface area contributed by atoms with Crippen LogP contribution in [0, 0.1) is 17.6 Å². The maximum absolute atomic E-state index is 13.7. The molecule has 0 saturated heterocycles. The summed E-state index contributed by atoms with van der Waals surface area (Å²) >= 11 is 0. The quantitative estimate of drug-likeness (QED) is 0.848. The first kappa shape index (κ1) is 15.9. The van der Waals surface area contributed by atoms with E-state index in [1.165, 1.54) is 12.1 Å². The highest BCUT2D eigenvalue weighted by Gasteiger charge is 2.45. The van der Waals surface area contributed by atoms with Crippen molar-refractivity contribution in [1.82, 2.24) is 5.32 Å². The van der Waals surface area contributed by atoms with Crippen molar-refractivity contribution in [2.45, 2.75) is 44.6 Å². The van der Waals surface area contributed by atoms with E-state index in [0.717, 1.165) is 6.07 Å². The maximum Gasteiger partial charge on any atom is 0.223 e. The molecule has 1 amide bonds. The molecular weight excluding hydrogens is 276 g/mol. The smallest absolute Gasteiger partial charge is 0.223 e. The summed E-state index contributed by atoms with van der Waals surface area (Å²) < 4.78 is 26.5. The van der Waals surface area contributed by atoms with E-state index in [1.54, 1.807) is 0 Å². The van der Waals surface area contributed by atoms with E-state index in [2.05, 4.69) is 5.32 Å². The molecule has 5 heteroatoms. The Labute approximate surface area is 123 Å².